The molecule has 0 saturated heterocycles. The van der Waals surface area contributed by atoms with Gasteiger partial charge in [-0.15, -0.1) is 8.02 Å². The fraction of sp³-hybridized carbons (Fsp3) is 0.290. The Hall–Kier alpha value is -3.56. The van der Waals surface area contributed by atoms with Gasteiger partial charge in [0.1, 0.15) is 11.5 Å². The zero-order valence-electron chi connectivity index (χ0n) is 54.6. The summed E-state index contributed by atoms with van der Waals surface area (Å²) in [6, 6.07) is 27.9. The average Bonchev–Trinajstić information content (AvgIpc) is 0.840. The summed E-state index contributed by atoms with van der Waals surface area (Å²) in [6.45, 7) is 12.9. The Morgan fingerprint density at radius 3 is 1.17 bits per heavy atom. The molecule has 0 unspecified atom stereocenters. The zero-order valence-corrected chi connectivity index (χ0v) is 69.6. The van der Waals surface area contributed by atoms with Crippen molar-refractivity contribution in [1.29, 1.82) is 0 Å². The topological polar surface area (TPSA) is 292 Å². The van der Waals surface area contributed by atoms with Gasteiger partial charge in [0, 0.05) is 24.2 Å². The van der Waals surface area contributed by atoms with Crippen molar-refractivity contribution in [2.45, 2.75) is 90.6 Å². The fourth-order valence-corrected chi connectivity index (χ4v) is 13.0. The van der Waals surface area contributed by atoms with E-state index in [9.17, 15) is 71.8 Å². The van der Waals surface area contributed by atoms with Crippen LogP contribution in [0.5, 0.6) is 17.2 Å². The average molecular weight is 1660 g/mol. The number of benzene rings is 6. The number of esters is 2. The molecule has 508 valence electrons. The predicted octanol–water partition coefficient (Wildman–Crippen LogP) is 7.82. The van der Waals surface area contributed by atoms with E-state index in [4.69, 9.17) is 38.9 Å². The van der Waals surface area contributed by atoms with Gasteiger partial charge in [-0.3, -0.25) is 13.9 Å². The Bertz CT molecular complexity index is 3800. The van der Waals surface area contributed by atoms with E-state index in [1.165, 1.54) is 74.5 Å². The van der Waals surface area contributed by atoms with Crippen LogP contribution < -0.4 is 152 Å². The van der Waals surface area contributed by atoms with Gasteiger partial charge in [-0.2, -0.15) is 0 Å². The third-order valence-corrected chi connectivity index (χ3v) is 18.6. The van der Waals surface area contributed by atoms with Crippen LogP contribution in [0.4, 0.5) is 26.3 Å². The molecule has 0 spiro atoms. The van der Waals surface area contributed by atoms with Gasteiger partial charge >= 0.3 is 165 Å². The Morgan fingerprint density at radius 1 is 0.537 bits per heavy atom. The third kappa shape index (κ3) is 32.1. The molecule has 0 aliphatic carbocycles. The van der Waals surface area contributed by atoms with Crippen LogP contribution in [0.15, 0.2) is 142 Å². The maximum Gasteiger partial charge on any atom is 1.00 e. The summed E-state index contributed by atoms with van der Waals surface area (Å²) in [5.41, 5.74) is 3.43. The van der Waals surface area contributed by atoms with Crippen molar-refractivity contribution in [3.63, 3.8) is 0 Å². The minimum absolute atomic E-state index is 0. The van der Waals surface area contributed by atoms with Crippen LogP contribution in [0.1, 0.15) is 90.1 Å². The van der Waals surface area contributed by atoms with Gasteiger partial charge in [0.05, 0.1) is 61.8 Å². The smallest absolute Gasteiger partial charge is 0.508 e. The van der Waals surface area contributed by atoms with Crippen molar-refractivity contribution in [3.05, 3.63) is 202 Å². The molecule has 0 fully saturated rings. The van der Waals surface area contributed by atoms with Crippen LogP contribution >= 0.6 is 15.2 Å². The third-order valence-electron chi connectivity index (χ3n) is 11.7. The SMILES string of the molecule is CCOC(=O)/C(C)=C/c1cc(F)c(F)c(F)c1.CCOC(=O)/C(C)=C/c1cc(F)c(Oc2ccc(S(=O)(=O)NCc3ccc(CP(=O)(OCC)OCC)cc3)cc2)c(F)c1.CCOP(=O)(Cc1ccc(CNS(=O)(=O)c2ccc(O)cc2)cc1)OCC.[2H][C-](F)C(=O)OO.[Cs+].[Cs+]. The summed E-state index contributed by atoms with van der Waals surface area (Å²) >= 11 is 0. The fourth-order valence-electron chi connectivity index (χ4n) is 7.51. The second-order valence-electron chi connectivity index (χ2n) is 18.7. The van der Waals surface area contributed by atoms with Crippen LogP contribution in [0, 0.1) is 35.7 Å². The van der Waals surface area contributed by atoms with E-state index in [0.717, 1.165) is 41.0 Å². The van der Waals surface area contributed by atoms with Gasteiger partial charge in [0.15, 0.2) is 34.8 Å². The summed E-state index contributed by atoms with van der Waals surface area (Å²) in [4.78, 5) is 35.2. The summed E-state index contributed by atoms with van der Waals surface area (Å²) in [6.07, 6.45) is 2.77. The molecule has 0 atom stereocenters. The number of phenolic OH excluding ortho intramolecular Hbond substituents is 1. The molecular formula is C62H71Cs2F6N2O19P2S2+. The molecule has 33 heteroatoms. The molecule has 0 aromatic heterocycles. The normalized spacial score (nSPS) is 11.7. The number of phenols is 1. The first-order valence-corrected chi connectivity index (χ1v) is 34.4. The molecule has 21 nitrogen and oxygen atoms in total. The maximum absolute atomic E-state index is 14.7. The molecule has 6 rings (SSSR count). The minimum Gasteiger partial charge on any atom is -0.508 e. The van der Waals surface area contributed by atoms with Crippen molar-refractivity contribution in [3.8, 4) is 17.2 Å². The Balaban J connectivity index is 0.000000738. The monoisotopic (exact) mass is 1650 g/mol. The van der Waals surface area contributed by atoms with Gasteiger partial charge in [-0.05, 0) is 174 Å². The molecule has 0 radical (unpaired) electrons. The molecule has 0 bridgehead atoms. The molecule has 0 saturated carbocycles. The van der Waals surface area contributed by atoms with E-state index < -0.39 is 94.6 Å². The van der Waals surface area contributed by atoms with E-state index >= 15 is 0 Å². The number of halogens is 6. The summed E-state index contributed by atoms with van der Waals surface area (Å²) in [5.74, 6) is -9.68. The molecular weight excluding hydrogens is 1580 g/mol. The molecule has 0 aliphatic heterocycles. The largest absolute Gasteiger partial charge is 1.00 e. The molecule has 0 heterocycles. The van der Waals surface area contributed by atoms with Crippen LogP contribution in [-0.2, 0) is 101 Å². The number of nitrogens with one attached hydrogen (secondary N) is 2. The Morgan fingerprint density at radius 2 is 0.863 bits per heavy atom. The predicted molar refractivity (Wildman–Crippen MR) is 332 cm³/mol. The van der Waals surface area contributed by atoms with Crippen LogP contribution in [0.25, 0.3) is 12.2 Å². The van der Waals surface area contributed by atoms with Crippen LogP contribution in [-0.4, -0.2) is 84.7 Å². The van der Waals surface area contributed by atoms with E-state index in [2.05, 4.69) is 14.3 Å². The Kier molecular flexibility index (Phi) is 41.7. The molecule has 6 aromatic rings. The number of sulfonamides is 2. The molecule has 0 amide bonds. The molecule has 4 N–H and O–H groups in total. The van der Waals surface area contributed by atoms with E-state index in [1.54, 1.807) is 90.1 Å². The number of rotatable bonds is 29. The molecule has 95 heavy (non-hydrogen) atoms. The van der Waals surface area contributed by atoms with Crippen molar-refractivity contribution >= 4 is 65.3 Å². The Labute approximate surface area is 667 Å². The van der Waals surface area contributed by atoms with Gasteiger partial charge < -0.3 is 46.7 Å². The standard InChI is InChI=1S/C30H34F2NO8PS.C18H24NO6PS.C12H11F3O2.C2H2FO3.2Cs/c1-5-38-30(34)21(4)16-24-17-27(31)29(28(32)18-24)41-25-12-14-26(15-13-25)43(36,37)33-19-22-8-10-23(11-9-22)20-42(35,39-6-2)40-7-3;1-3-24-26(21,25-4-2)14-16-7-5-15(6-8-16)13-19-27(22,23)18-11-9-17(20)10-12-18;1-3-17-12(16)7(2)4-8-5-9(13)11(15)10(14)6-8;3-1-2(4)6-5;;/h8-18,33H,5-7,19-20H2,1-4H3;5-12,19-20H,3-4,13-14H2,1-2H3;4-6H,3H2,1-2H3;1,5H;;/q;;;-1;2*+1/b21-16+;;7-4+;;;/i;;;1D;;. The van der Waals surface area contributed by atoms with Gasteiger partial charge in [-0.1, -0.05) is 48.5 Å². The number of hydrogen-bond acceptors (Lipinski definition) is 19. The number of carbonyl (C=O) groups excluding carboxylic acids is 3. The number of aromatic hydroxyl groups is 1. The summed E-state index contributed by atoms with van der Waals surface area (Å²) < 4.78 is 201. The number of carbonyl (C=O) groups is 3. The summed E-state index contributed by atoms with van der Waals surface area (Å²) in [7, 11) is -14.0. The first kappa shape index (κ1) is 87.5. The van der Waals surface area contributed by atoms with Crippen LogP contribution in [0.2, 0.25) is 0 Å². The molecule has 6 aromatic carbocycles. The van der Waals surface area contributed by atoms with Gasteiger partial charge in [0.2, 0.25) is 26.0 Å². The summed E-state index contributed by atoms with van der Waals surface area (Å²) in [5, 5.41) is 16.5. The van der Waals surface area contributed by atoms with Crippen molar-refractivity contribution in [2.24, 2.45) is 0 Å². The van der Waals surface area contributed by atoms with E-state index in [1.807, 2.05) is 0 Å². The van der Waals surface area contributed by atoms with Gasteiger partial charge in [-0.25, -0.2) is 63.1 Å². The van der Waals surface area contributed by atoms with Gasteiger partial charge in [0.25, 0.3) is 0 Å². The second-order valence-corrected chi connectivity index (χ2v) is 26.4. The van der Waals surface area contributed by atoms with Crippen molar-refractivity contribution < 1.29 is 253 Å². The van der Waals surface area contributed by atoms with Crippen molar-refractivity contribution in [1.82, 2.24) is 9.44 Å². The van der Waals surface area contributed by atoms with Crippen molar-refractivity contribution in [2.75, 3.05) is 39.6 Å². The zero-order chi connectivity index (χ0) is 70.4. The second kappa shape index (κ2) is 45.3. The first-order chi connectivity index (χ1) is 44.3. The van der Waals surface area contributed by atoms with E-state index in [-0.39, 0.29) is 233 Å². The maximum atomic E-state index is 14.7. The number of hydrogen-bond donors (Lipinski definition) is 4. The van der Waals surface area contributed by atoms with Crippen LogP contribution in [0.3, 0.4) is 0 Å². The minimum atomic E-state index is -3.93. The first-order valence-electron chi connectivity index (χ1n) is 28.5. The quantitative estimate of drug-likeness (QED) is 0.00400. The van der Waals surface area contributed by atoms with E-state index in [0.29, 0.717) is 18.8 Å². The molecule has 0 aliphatic rings. The number of ether oxygens (including phenoxy) is 3.